The van der Waals surface area contributed by atoms with E-state index in [4.69, 9.17) is 19.7 Å². The topological polar surface area (TPSA) is 114 Å². The molecule has 0 aliphatic heterocycles. The largest absolute Gasteiger partial charge is 0.473 e. The minimum Gasteiger partial charge on any atom is -0.473 e. The number of hydrogen-bond acceptors (Lipinski definition) is 7. The number of ether oxygens (including phenoxy) is 2. The number of carbonyl (C=O) groups excluding carboxylic acids is 1. The van der Waals surface area contributed by atoms with Crippen LogP contribution >= 0.6 is 0 Å². The number of hydrogen-bond donors (Lipinski definition) is 0. The first-order valence-electron chi connectivity index (χ1n) is 14.3. The molecule has 8 nitrogen and oxygen atoms in total. The fourth-order valence-electron chi connectivity index (χ4n) is 5.28. The van der Waals surface area contributed by atoms with E-state index in [0.29, 0.717) is 57.8 Å². The molecule has 10 heteroatoms. The number of aromatic nitrogens is 3. The van der Waals surface area contributed by atoms with E-state index in [-0.39, 0.29) is 18.1 Å². The molecule has 1 fully saturated rings. The summed E-state index contributed by atoms with van der Waals surface area (Å²) >= 11 is 0. The van der Waals surface area contributed by atoms with Crippen LogP contribution in [0.2, 0.25) is 0 Å². The number of rotatable bonds is 10. The van der Waals surface area contributed by atoms with Crippen molar-refractivity contribution in [3.05, 3.63) is 112 Å². The third-order valence-corrected chi connectivity index (χ3v) is 8.14. The quantitative estimate of drug-likeness (QED) is 0.164. The second-order valence-corrected chi connectivity index (χ2v) is 11.2. The first-order valence-corrected chi connectivity index (χ1v) is 14.3. The summed E-state index contributed by atoms with van der Waals surface area (Å²) in [4.78, 5) is 21.6. The molecule has 6 rings (SSSR count). The Balaban J connectivity index is 1.27. The highest BCUT2D eigenvalue weighted by Crippen LogP contribution is 2.48. The molecule has 0 unspecified atom stereocenters. The fourth-order valence-corrected chi connectivity index (χ4v) is 5.28. The van der Waals surface area contributed by atoms with Crippen LogP contribution in [0, 0.1) is 33.9 Å². The molecule has 5 aromatic rings. The Hall–Kier alpha value is -5.61. The van der Waals surface area contributed by atoms with Gasteiger partial charge in [0.2, 0.25) is 5.88 Å². The van der Waals surface area contributed by atoms with Crippen LogP contribution in [0.15, 0.2) is 72.8 Å². The van der Waals surface area contributed by atoms with Crippen molar-refractivity contribution >= 4 is 17.0 Å². The maximum absolute atomic E-state index is 14.3. The Bertz CT molecular complexity index is 2020. The average Bonchev–Trinajstić information content (AvgIpc) is 3.78. The Morgan fingerprint density at radius 3 is 2.53 bits per heavy atom. The molecule has 0 bridgehead atoms. The van der Waals surface area contributed by atoms with Crippen molar-refractivity contribution < 1.29 is 23.0 Å². The van der Waals surface area contributed by atoms with E-state index in [1.165, 1.54) is 19.2 Å². The van der Waals surface area contributed by atoms with Gasteiger partial charge in [-0.1, -0.05) is 24.3 Å². The van der Waals surface area contributed by atoms with Crippen molar-refractivity contribution in [2.75, 3.05) is 13.8 Å². The summed E-state index contributed by atoms with van der Waals surface area (Å²) in [5.41, 5.74) is 4.26. The van der Waals surface area contributed by atoms with Gasteiger partial charge in [0.15, 0.2) is 0 Å². The molecule has 2 heterocycles. The Labute approximate surface area is 258 Å². The first-order chi connectivity index (χ1) is 21.8. The van der Waals surface area contributed by atoms with Crippen LogP contribution in [0.5, 0.6) is 5.88 Å². The second-order valence-electron chi connectivity index (χ2n) is 11.2. The lowest BCUT2D eigenvalue weighted by Crippen LogP contribution is -2.16. The van der Waals surface area contributed by atoms with Crippen LogP contribution < -0.4 is 4.74 Å². The van der Waals surface area contributed by atoms with Gasteiger partial charge in [-0.25, -0.2) is 19.2 Å². The number of alkyl halides is 1. The summed E-state index contributed by atoms with van der Waals surface area (Å²) in [6.45, 7) is -0.0929. The highest BCUT2D eigenvalue weighted by Gasteiger charge is 2.43. The maximum Gasteiger partial charge on any atom is 0.337 e. The van der Waals surface area contributed by atoms with Crippen LogP contribution in [0.25, 0.3) is 22.3 Å². The third kappa shape index (κ3) is 6.09. The van der Waals surface area contributed by atoms with E-state index >= 15 is 0 Å². The molecule has 0 amide bonds. The summed E-state index contributed by atoms with van der Waals surface area (Å²) in [6, 6.07) is 24.1. The number of esters is 1. The van der Waals surface area contributed by atoms with Crippen molar-refractivity contribution in [3.63, 3.8) is 0 Å². The molecule has 45 heavy (non-hydrogen) atoms. The van der Waals surface area contributed by atoms with Gasteiger partial charge in [-0.05, 0) is 60.9 Å². The predicted octanol–water partition coefficient (Wildman–Crippen LogP) is 6.69. The normalized spacial score (nSPS) is 13.2. The molecule has 2 aromatic heterocycles. The van der Waals surface area contributed by atoms with Crippen LogP contribution in [-0.2, 0) is 24.3 Å². The van der Waals surface area contributed by atoms with Gasteiger partial charge >= 0.3 is 5.97 Å². The SMILES string of the molecule is COC(=O)c1ccc2nc(Cc3ccc(-c4cccc(OCc5ccc(C#N)cc5F)n4)cc3C#N)n(CC3(CF)CC3)c2c1. The molecule has 0 saturated heterocycles. The molecule has 224 valence electrons. The number of benzene rings is 3. The van der Waals surface area contributed by atoms with E-state index in [1.807, 2.05) is 22.8 Å². The molecule has 1 saturated carbocycles. The van der Waals surface area contributed by atoms with Gasteiger partial charge in [0, 0.05) is 35.6 Å². The number of nitrogens with zero attached hydrogens (tertiary/aromatic N) is 5. The van der Waals surface area contributed by atoms with E-state index in [9.17, 15) is 18.8 Å². The minimum absolute atomic E-state index is 0.0673. The van der Waals surface area contributed by atoms with E-state index in [1.54, 1.807) is 42.5 Å². The van der Waals surface area contributed by atoms with Gasteiger partial charge in [0.25, 0.3) is 0 Å². The van der Waals surface area contributed by atoms with Crippen LogP contribution in [0.3, 0.4) is 0 Å². The van der Waals surface area contributed by atoms with Gasteiger partial charge in [-0.3, -0.25) is 4.39 Å². The van der Waals surface area contributed by atoms with E-state index in [2.05, 4.69) is 11.1 Å². The lowest BCUT2D eigenvalue weighted by molar-refractivity contribution is 0.0601. The van der Waals surface area contributed by atoms with E-state index in [0.717, 1.165) is 24.5 Å². The second kappa shape index (κ2) is 12.2. The molecular formula is C35H27F2N5O3. The smallest absolute Gasteiger partial charge is 0.337 e. The van der Waals surface area contributed by atoms with Gasteiger partial charge in [-0.2, -0.15) is 10.5 Å². The monoisotopic (exact) mass is 603 g/mol. The van der Waals surface area contributed by atoms with Crippen molar-refractivity contribution in [1.82, 2.24) is 14.5 Å². The van der Waals surface area contributed by atoms with Crippen molar-refractivity contribution in [2.45, 2.75) is 32.4 Å². The number of carbonyl (C=O) groups is 1. The van der Waals surface area contributed by atoms with Gasteiger partial charge in [-0.15, -0.1) is 0 Å². The van der Waals surface area contributed by atoms with Crippen LogP contribution in [0.1, 0.15) is 51.3 Å². The van der Waals surface area contributed by atoms with Crippen LogP contribution in [0.4, 0.5) is 8.78 Å². The van der Waals surface area contributed by atoms with Crippen molar-refractivity contribution in [3.8, 4) is 29.3 Å². The minimum atomic E-state index is -0.533. The molecule has 0 spiro atoms. The number of imidazole rings is 1. The number of nitriles is 2. The molecule has 3 aromatic carbocycles. The molecule has 1 aliphatic carbocycles. The lowest BCUT2D eigenvalue weighted by Gasteiger charge is -2.16. The molecule has 0 atom stereocenters. The molecule has 0 N–H and O–H groups in total. The molecule has 0 radical (unpaired) electrons. The maximum atomic E-state index is 14.3. The summed E-state index contributed by atoms with van der Waals surface area (Å²) in [5, 5.41) is 19.0. The third-order valence-electron chi connectivity index (χ3n) is 8.14. The van der Waals surface area contributed by atoms with Gasteiger partial charge in [0.1, 0.15) is 18.2 Å². The highest BCUT2D eigenvalue weighted by atomic mass is 19.1. The van der Waals surface area contributed by atoms with Crippen LogP contribution in [-0.4, -0.2) is 34.3 Å². The Kier molecular flexibility index (Phi) is 7.97. The van der Waals surface area contributed by atoms with Gasteiger partial charge < -0.3 is 14.0 Å². The number of pyridine rings is 1. The highest BCUT2D eigenvalue weighted by molar-refractivity contribution is 5.93. The Morgan fingerprint density at radius 2 is 1.82 bits per heavy atom. The zero-order valence-electron chi connectivity index (χ0n) is 24.4. The van der Waals surface area contributed by atoms with E-state index < -0.39 is 23.9 Å². The molecule has 1 aliphatic rings. The predicted molar refractivity (Wildman–Crippen MR) is 161 cm³/mol. The van der Waals surface area contributed by atoms with Crippen molar-refractivity contribution in [1.29, 1.82) is 10.5 Å². The summed E-state index contributed by atoms with van der Waals surface area (Å²) < 4.78 is 40.9. The van der Waals surface area contributed by atoms with Crippen molar-refractivity contribution in [2.24, 2.45) is 5.41 Å². The average molecular weight is 604 g/mol. The fraction of sp³-hybridized carbons (Fsp3) is 0.229. The number of fused-ring (bicyclic) bond motifs is 1. The summed E-state index contributed by atoms with van der Waals surface area (Å²) in [5.74, 6) is -0.0566. The standard InChI is InChI=1S/C35H27F2N5O3/c1-44-34(43)25-9-10-30-31(15-25)42(21-35(20-36)11-12-35)32(40-30)16-23-7-8-24(14-27(23)18-39)29-3-2-4-33(41-29)45-19-26-6-5-22(17-38)13-28(26)37/h2-10,13-15H,11-12,16,19-21H2,1H3. The zero-order chi connectivity index (χ0) is 31.6. The Morgan fingerprint density at radius 1 is 1.00 bits per heavy atom. The summed E-state index contributed by atoms with van der Waals surface area (Å²) in [6.07, 6.45) is 1.87. The lowest BCUT2D eigenvalue weighted by atomic mass is 10.00. The number of halogens is 2. The zero-order valence-corrected chi connectivity index (χ0v) is 24.4. The number of methoxy groups -OCH3 is 1. The summed E-state index contributed by atoms with van der Waals surface area (Å²) in [7, 11) is 1.32. The van der Waals surface area contributed by atoms with Gasteiger partial charge in [0.05, 0.1) is 59.3 Å². The first kappa shape index (κ1) is 29.5. The molecular weight excluding hydrogens is 576 g/mol.